The highest BCUT2D eigenvalue weighted by Gasteiger charge is 2.10. The number of carbonyl (C=O) groups excluding carboxylic acids is 2. The Bertz CT molecular complexity index is 968. The van der Waals surface area contributed by atoms with Crippen LogP contribution in [-0.4, -0.2) is 21.7 Å². The van der Waals surface area contributed by atoms with Crippen molar-refractivity contribution in [2.75, 3.05) is 10.6 Å². The number of hydrogen-bond acceptors (Lipinski definition) is 5. The zero-order chi connectivity index (χ0) is 19.2. The van der Waals surface area contributed by atoms with Gasteiger partial charge in [0.2, 0.25) is 0 Å². The van der Waals surface area contributed by atoms with E-state index >= 15 is 0 Å². The van der Waals surface area contributed by atoms with E-state index in [4.69, 9.17) is 0 Å². The molecule has 0 aliphatic carbocycles. The van der Waals surface area contributed by atoms with Gasteiger partial charge >= 0.3 is 0 Å². The van der Waals surface area contributed by atoms with E-state index in [1.165, 1.54) is 19.3 Å². The van der Waals surface area contributed by atoms with Crippen LogP contribution in [0.5, 0.6) is 0 Å². The van der Waals surface area contributed by atoms with Crippen LogP contribution in [0.4, 0.5) is 17.2 Å². The Morgan fingerprint density at radius 1 is 1.00 bits per heavy atom. The maximum absolute atomic E-state index is 12.4. The summed E-state index contributed by atoms with van der Waals surface area (Å²) in [6, 6.07) is 14.8. The number of amides is 1. The molecule has 0 radical (unpaired) electrons. The second-order valence-corrected chi connectivity index (χ2v) is 6.01. The zero-order valence-corrected chi connectivity index (χ0v) is 15.2. The third-order valence-electron chi connectivity index (χ3n) is 4.07. The second kappa shape index (κ2) is 8.23. The molecule has 0 saturated heterocycles. The van der Waals surface area contributed by atoms with Gasteiger partial charge in [0, 0.05) is 16.9 Å². The van der Waals surface area contributed by atoms with E-state index in [-0.39, 0.29) is 17.4 Å². The highest BCUT2D eigenvalue weighted by Crippen LogP contribution is 2.18. The minimum Gasteiger partial charge on any atom is -0.339 e. The number of benzene rings is 2. The van der Waals surface area contributed by atoms with Crippen molar-refractivity contribution in [2.45, 2.75) is 20.3 Å². The highest BCUT2D eigenvalue weighted by molar-refractivity contribution is 6.03. The number of para-hydroxylation sites is 1. The molecule has 0 spiro atoms. The third kappa shape index (κ3) is 4.55. The van der Waals surface area contributed by atoms with Crippen molar-refractivity contribution < 1.29 is 9.59 Å². The van der Waals surface area contributed by atoms with Crippen LogP contribution in [0.15, 0.2) is 60.9 Å². The lowest BCUT2D eigenvalue weighted by Crippen LogP contribution is -2.15. The topological polar surface area (TPSA) is 84.0 Å². The average molecular weight is 360 g/mol. The zero-order valence-electron chi connectivity index (χ0n) is 15.2. The quantitative estimate of drug-likeness (QED) is 0.643. The molecule has 0 saturated carbocycles. The molecule has 1 amide bonds. The summed E-state index contributed by atoms with van der Waals surface area (Å²) in [6.07, 6.45) is 3.73. The van der Waals surface area contributed by atoms with Gasteiger partial charge in [-0.05, 0) is 37.1 Å². The van der Waals surface area contributed by atoms with E-state index in [0.29, 0.717) is 11.4 Å². The standard InChI is InChI=1S/C21H20N4O2/c1-3-15-7-4-5-10-18(15)25-21(27)19-12-23-20(13-22-19)24-17-9-6-8-16(11-17)14(2)26/h4-13H,3H2,1-2H3,(H,23,24)(H,25,27). The highest BCUT2D eigenvalue weighted by atomic mass is 16.2. The van der Waals surface area contributed by atoms with Gasteiger partial charge in [-0.2, -0.15) is 0 Å². The van der Waals surface area contributed by atoms with E-state index in [1.807, 2.05) is 37.3 Å². The maximum Gasteiger partial charge on any atom is 0.275 e. The molecule has 2 aromatic carbocycles. The summed E-state index contributed by atoms with van der Waals surface area (Å²) < 4.78 is 0. The number of rotatable bonds is 6. The summed E-state index contributed by atoms with van der Waals surface area (Å²) in [5, 5.41) is 5.94. The second-order valence-electron chi connectivity index (χ2n) is 6.01. The van der Waals surface area contributed by atoms with Gasteiger partial charge in [0.25, 0.3) is 5.91 Å². The van der Waals surface area contributed by atoms with Crippen LogP contribution in [0.2, 0.25) is 0 Å². The van der Waals surface area contributed by atoms with Crippen molar-refractivity contribution in [3.63, 3.8) is 0 Å². The summed E-state index contributed by atoms with van der Waals surface area (Å²) in [4.78, 5) is 32.3. The lowest BCUT2D eigenvalue weighted by atomic mass is 10.1. The van der Waals surface area contributed by atoms with E-state index in [0.717, 1.165) is 23.4 Å². The first-order valence-corrected chi connectivity index (χ1v) is 8.66. The average Bonchev–Trinajstić information content (AvgIpc) is 2.69. The molecule has 1 heterocycles. The lowest BCUT2D eigenvalue weighted by molar-refractivity contribution is 0.101. The first kappa shape index (κ1) is 18.3. The molecule has 6 nitrogen and oxygen atoms in total. The molecular formula is C21H20N4O2. The number of Topliss-reactive ketones (excluding diaryl/α,β-unsaturated/α-hetero) is 1. The molecule has 0 unspecified atom stereocenters. The summed E-state index contributed by atoms with van der Waals surface area (Å²) in [5.41, 5.74) is 3.39. The largest absolute Gasteiger partial charge is 0.339 e. The van der Waals surface area contributed by atoms with Crippen LogP contribution in [-0.2, 0) is 6.42 Å². The first-order chi connectivity index (χ1) is 13.1. The SMILES string of the molecule is CCc1ccccc1NC(=O)c1cnc(Nc2cccc(C(C)=O)c2)cn1. The Kier molecular flexibility index (Phi) is 5.56. The van der Waals surface area contributed by atoms with E-state index in [2.05, 4.69) is 20.6 Å². The predicted molar refractivity (Wildman–Crippen MR) is 106 cm³/mol. The fraction of sp³-hybridized carbons (Fsp3) is 0.143. The fourth-order valence-electron chi connectivity index (χ4n) is 2.61. The number of anilines is 3. The number of hydrogen-bond donors (Lipinski definition) is 2. The van der Waals surface area contributed by atoms with Crippen LogP contribution in [0.25, 0.3) is 0 Å². The van der Waals surface area contributed by atoms with Crippen molar-refractivity contribution in [1.82, 2.24) is 9.97 Å². The van der Waals surface area contributed by atoms with Gasteiger partial charge in [0.1, 0.15) is 11.5 Å². The van der Waals surface area contributed by atoms with Crippen LogP contribution < -0.4 is 10.6 Å². The van der Waals surface area contributed by atoms with Crippen LogP contribution in [0.3, 0.4) is 0 Å². The fourth-order valence-corrected chi connectivity index (χ4v) is 2.61. The Morgan fingerprint density at radius 3 is 2.52 bits per heavy atom. The molecule has 2 N–H and O–H groups in total. The van der Waals surface area contributed by atoms with Crippen molar-refractivity contribution >= 4 is 28.9 Å². The van der Waals surface area contributed by atoms with E-state index in [9.17, 15) is 9.59 Å². The lowest BCUT2D eigenvalue weighted by Gasteiger charge is -2.10. The molecule has 0 atom stereocenters. The smallest absolute Gasteiger partial charge is 0.275 e. The maximum atomic E-state index is 12.4. The molecule has 6 heteroatoms. The molecule has 0 bridgehead atoms. The van der Waals surface area contributed by atoms with Crippen molar-refractivity contribution in [1.29, 1.82) is 0 Å². The molecular weight excluding hydrogens is 340 g/mol. The molecule has 3 aromatic rings. The Labute approximate surface area is 157 Å². The van der Waals surface area contributed by atoms with Crippen molar-refractivity contribution in [3.05, 3.63) is 77.7 Å². The van der Waals surface area contributed by atoms with Gasteiger partial charge in [-0.15, -0.1) is 0 Å². The number of carbonyl (C=O) groups is 2. The summed E-state index contributed by atoms with van der Waals surface area (Å²) in [6.45, 7) is 3.55. The van der Waals surface area contributed by atoms with Gasteiger partial charge in [-0.1, -0.05) is 37.3 Å². The molecule has 0 aliphatic rings. The molecule has 0 aliphatic heterocycles. The third-order valence-corrected chi connectivity index (χ3v) is 4.07. The Hall–Kier alpha value is -3.54. The minimum absolute atomic E-state index is 0.0101. The Balaban J connectivity index is 1.70. The number of nitrogens with zero attached hydrogens (tertiary/aromatic N) is 2. The van der Waals surface area contributed by atoms with Gasteiger partial charge < -0.3 is 10.6 Å². The van der Waals surface area contributed by atoms with Crippen LogP contribution >= 0.6 is 0 Å². The molecule has 27 heavy (non-hydrogen) atoms. The summed E-state index contributed by atoms with van der Waals surface area (Å²) >= 11 is 0. The van der Waals surface area contributed by atoms with E-state index in [1.54, 1.807) is 18.2 Å². The molecule has 3 rings (SSSR count). The van der Waals surface area contributed by atoms with E-state index < -0.39 is 0 Å². The molecule has 0 fully saturated rings. The molecule has 136 valence electrons. The minimum atomic E-state index is -0.312. The molecule has 1 aromatic heterocycles. The van der Waals surface area contributed by atoms with Crippen molar-refractivity contribution in [3.8, 4) is 0 Å². The normalized spacial score (nSPS) is 10.3. The Morgan fingerprint density at radius 2 is 1.81 bits per heavy atom. The number of aromatic nitrogens is 2. The number of nitrogens with one attached hydrogen (secondary N) is 2. The van der Waals surface area contributed by atoms with Crippen molar-refractivity contribution in [2.24, 2.45) is 0 Å². The summed E-state index contributed by atoms with van der Waals surface area (Å²) in [7, 11) is 0. The first-order valence-electron chi connectivity index (χ1n) is 8.66. The van der Waals surface area contributed by atoms with Crippen LogP contribution in [0, 0.1) is 0 Å². The summed E-state index contributed by atoms with van der Waals surface area (Å²) in [5.74, 6) is 0.166. The van der Waals surface area contributed by atoms with Gasteiger partial charge in [-0.25, -0.2) is 9.97 Å². The van der Waals surface area contributed by atoms with Gasteiger partial charge in [-0.3, -0.25) is 9.59 Å². The van der Waals surface area contributed by atoms with Crippen LogP contribution in [0.1, 0.15) is 40.3 Å². The number of aryl methyl sites for hydroxylation is 1. The van der Waals surface area contributed by atoms with Gasteiger partial charge in [0.05, 0.1) is 12.4 Å². The monoisotopic (exact) mass is 360 g/mol. The number of ketones is 1. The predicted octanol–water partition coefficient (Wildman–Crippen LogP) is 4.24. The van der Waals surface area contributed by atoms with Gasteiger partial charge in [0.15, 0.2) is 5.78 Å².